The molecule has 0 saturated carbocycles. The Balaban J connectivity index is 2.97. The van der Waals surface area contributed by atoms with E-state index in [0.717, 1.165) is 12.2 Å². The number of unbranched alkanes of at least 4 members (excludes halogenated alkanes) is 8. The molecule has 0 aliphatic heterocycles. The van der Waals surface area contributed by atoms with E-state index in [9.17, 15) is 4.79 Å². The molecule has 0 atom stereocenters. The van der Waals surface area contributed by atoms with Gasteiger partial charge in [-0.1, -0.05) is 44.9 Å². The van der Waals surface area contributed by atoms with Crippen LogP contribution in [0, 0.1) is 0 Å². The van der Waals surface area contributed by atoms with Crippen molar-refractivity contribution in [3.63, 3.8) is 0 Å². The van der Waals surface area contributed by atoms with Gasteiger partial charge in [0.2, 0.25) is 5.91 Å². The second-order valence-electron chi connectivity index (χ2n) is 4.94. The average Bonchev–Trinajstić information content (AvgIpc) is 2.43. The zero-order valence-corrected chi connectivity index (χ0v) is 13.3. The van der Waals surface area contributed by atoms with Gasteiger partial charge in [0.25, 0.3) is 0 Å². The van der Waals surface area contributed by atoms with E-state index in [0.29, 0.717) is 13.0 Å². The monoisotopic (exact) mass is 289 g/mol. The highest BCUT2D eigenvalue weighted by Crippen LogP contribution is 2.12. The molecule has 0 aromatic heterocycles. The number of carbonyl (C=O) groups excluding carboxylic acids is 1. The van der Waals surface area contributed by atoms with Crippen molar-refractivity contribution in [2.24, 2.45) is 0 Å². The minimum absolute atomic E-state index is 0.166. The smallest absolute Gasteiger partial charge is 0.219 e. The molecule has 3 nitrogen and oxygen atoms in total. The summed E-state index contributed by atoms with van der Waals surface area (Å²) >= 11 is 1.85. The fourth-order valence-corrected chi connectivity index (χ4v) is 2.76. The van der Waals surface area contributed by atoms with Crippen LogP contribution >= 0.6 is 11.8 Å². The summed E-state index contributed by atoms with van der Waals surface area (Å²) in [6, 6.07) is 0. The molecule has 4 heteroatoms. The van der Waals surface area contributed by atoms with Gasteiger partial charge in [-0.2, -0.15) is 11.8 Å². The first kappa shape index (κ1) is 18.8. The molecule has 0 unspecified atom stereocenters. The third-order valence-corrected chi connectivity index (χ3v) is 4.26. The summed E-state index contributed by atoms with van der Waals surface area (Å²) in [6.45, 7) is 0.310. The van der Waals surface area contributed by atoms with Crippen LogP contribution in [0.3, 0.4) is 0 Å². The molecule has 0 aliphatic carbocycles. The molecule has 2 N–H and O–H groups in total. The lowest BCUT2D eigenvalue weighted by atomic mass is 10.1. The van der Waals surface area contributed by atoms with E-state index in [4.69, 9.17) is 5.11 Å². The van der Waals surface area contributed by atoms with Crippen LogP contribution in [-0.4, -0.2) is 36.2 Å². The Labute approximate surface area is 122 Å². The fourth-order valence-electron chi connectivity index (χ4n) is 2.02. The second-order valence-corrected chi connectivity index (χ2v) is 6.17. The maximum atomic E-state index is 11.0. The van der Waals surface area contributed by atoms with Crippen LogP contribution in [0.1, 0.15) is 64.2 Å². The van der Waals surface area contributed by atoms with Gasteiger partial charge in [0.1, 0.15) is 0 Å². The lowest BCUT2D eigenvalue weighted by molar-refractivity contribution is -0.120. The van der Waals surface area contributed by atoms with Gasteiger partial charge in [-0.15, -0.1) is 0 Å². The van der Waals surface area contributed by atoms with Crippen LogP contribution in [0.15, 0.2) is 0 Å². The van der Waals surface area contributed by atoms with Crippen LogP contribution < -0.4 is 5.32 Å². The molecule has 0 bridgehead atoms. The number of nitrogens with one attached hydrogen (secondary N) is 1. The number of hydrogen-bond donors (Lipinski definition) is 2. The first-order valence-electron chi connectivity index (χ1n) is 7.70. The van der Waals surface area contributed by atoms with E-state index in [2.05, 4.69) is 5.32 Å². The number of rotatable bonds is 14. The minimum atomic E-state index is 0.166. The summed E-state index contributed by atoms with van der Waals surface area (Å²) in [5.74, 6) is 2.25. The van der Waals surface area contributed by atoms with Gasteiger partial charge < -0.3 is 10.4 Å². The van der Waals surface area contributed by atoms with Crippen molar-refractivity contribution in [3.05, 3.63) is 0 Å². The van der Waals surface area contributed by atoms with Crippen LogP contribution in [0.5, 0.6) is 0 Å². The molecule has 0 radical (unpaired) electrons. The van der Waals surface area contributed by atoms with Crippen LogP contribution in [-0.2, 0) is 4.79 Å². The molecular weight excluding hydrogens is 258 g/mol. The first-order valence-corrected chi connectivity index (χ1v) is 8.86. The Kier molecular flexibility index (Phi) is 15.7. The lowest BCUT2D eigenvalue weighted by Crippen LogP contribution is -2.16. The second kappa shape index (κ2) is 15.8. The van der Waals surface area contributed by atoms with E-state index in [-0.39, 0.29) is 5.91 Å². The van der Waals surface area contributed by atoms with Crippen molar-refractivity contribution >= 4 is 17.7 Å². The van der Waals surface area contributed by atoms with Gasteiger partial charge in [0.05, 0.1) is 6.61 Å². The van der Waals surface area contributed by atoms with Crippen molar-refractivity contribution in [1.29, 1.82) is 0 Å². The van der Waals surface area contributed by atoms with Gasteiger partial charge in [-0.05, 0) is 18.6 Å². The average molecular weight is 289 g/mol. The number of aliphatic hydroxyl groups excluding tert-OH is 1. The van der Waals surface area contributed by atoms with Crippen molar-refractivity contribution in [1.82, 2.24) is 5.32 Å². The van der Waals surface area contributed by atoms with Crippen molar-refractivity contribution < 1.29 is 9.90 Å². The molecule has 0 saturated heterocycles. The normalized spacial score (nSPS) is 10.6. The third kappa shape index (κ3) is 15.7. The number of thioether (sulfide) groups is 1. The Morgan fingerprint density at radius 1 is 0.895 bits per heavy atom. The van der Waals surface area contributed by atoms with Gasteiger partial charge in [0, 0.05) is 19.2 Å². The summed E-state index contributed by atoms with van der Waals surface area (Å²) in [5.41, 5.74) is 0. The highest BCUT2D eigenvalue weighted by molar-refractivity contribution is 7.99. The van der Waals surface area contributed by atoms with Gasteiger partial charge in [0.15, 0.2) is 0 Å². The lowest BCUT2D eigenvalue weighted by Gasteiger charge is -2.03. The number of carbonyl (C=O) groups is 1. The van der Waals surface area contributed by atoms with E-state index < -0.39 is 0 Å². The largest absolute Gasteiger partial charge is 0.396 e. The van der Waals surface area contributed by atoms with E-state index >= 15 is 0 Å². The predicted molar refractivity (Wildman–Crippen MR) is 84.6 cm³/mol. The molecule has 0 aromatic carbocycles. The van der Waals surface area contributed by atoms with Crippen LogP contribution in [0.25, 0.3) is 0 Å². The zero-order valence-electron chi connectivity index (χ0n) is 12.5. The van der Waals surface area contributed by atoms with Crippen molar-refractivity contribution in [2.75, 3.05) is 25.2 Å². The van der Waals surface area contributed by atoms with Gasteiger partial charge >= 0.3 is 0 Å². The van der Waals surface area contributed by atoms with E-state index in [1.807, 2.05) is 11.8 Å². The predicted octanol–water partition coefficient (Wildman–Crippen LogP) is 3.36. The van der Waals surface area contributed by atoms with Crippen LogP contribution in [0.2, 0.25) is 0 Å². The van der Waals surface area contributed by atoms with Crippen molar-refractivity contribution in [3.8, 4) is 0 Å². The van der Waals surface area contributed by atoms with Crippen LogP contribution in [0.4, 0.5) is 0 Å². The Hall–Kier alpha value is -0.220. The maximum absolute atomic E-state index is 11.0. The number of aliphatic hydroxyl groups is 1. The Morgan fingerprint density at radius 3 is 1.95 bits per heavy atom. The highest BCUT2D eigenvalue weighted by atomic mass is 32.2. The molecule has 0 rings (SSSR count). The molecular formula is C15H31NO2S. The molecule has 0 spiro atoms. The van der Waals surface area contributed by atoms with Gasteiger partial charge in [-0.3, -0.25) is 4.79 Å². The minimum Gasteiger partial charge on any atom is -0.396 e. The molecule has 114 valence electrons. The summed E-state index contributed by atoms with van der Waals surface area (Å²) in [4.78, 5) is 11.0. The summed E-state index contributed by atoms with van der Waals surface area (Å²) < 4.78 is 0. The topological polar surface area (TPSA) is 49.3 Å². The zero-order chi connectivity index (χ0) is 14.2. The quantitative estimate of drug-likeness (QED) is 0.482. The fraction of sp³-hybridized carbons (Fsp3) is 0.933. The molecule has 1 amide bonds. The maximum Gasteiger partial charge on any atom is 0.219 e. The number of hydrogen-bond acceptors (Lipinski definition) is 3. The summed E-state index contributed by atoms with van der Waals surface area (Å²) in [6.07, 6.45) is 12.1. The first-order chi connectivity index (χ1) is 9.31. The molecule has 0 fully saturated rings. The van der Waals surface area contributed by atoms with Crippen molar-refractivity contribution in [2.45, 2.75) is 64.2 Å². The van der Waals surface area contributed by atoms with Gasteiger partial charge in [-0.25, -0.2) is 0 Å². The Morgan fingerprint density at radius 2 is 1.42 bits per heavy atom. The standard InChI is InChI=1S/C15H31NO2S/c1-16-15(18)11-9-7-5-3-2-4-6-8-10-13-19-14-12-17/h17H,2-14H2,1H3,(H,16,18). The molecule has 19 heavy (non-hydrogen) atoms. The van der Waals surface area contributed by atoms with E-state index in [1.54, 1.807) is 7.05 Å². The summed E-state index contributed by atoms with van der Waals surface area (Å²) in [7, 11) is 1.70. The molecule has 0 heterocycles. The highest BCUT2D eigenvalue weighted by Gasteiger charge is 1.97. The molecule has 0 aliphatic rings. The van der Waals surface area contributed by atoms with E-state index in [1.165, 1.54) is 57.1 Å². The third-order valence-electron chi connectivity index (χ3n) is 3.21. The SMILES string of the molecule is CNC(=O)CCCCCCCCCCCSCCO. The number of amides is 1. The molecule has 0 aromatic rings. The Bertz CT molecular complexity index is 201. The summed E-state index contributed by atoms with van der Waals surface area (Å²) in [5, 5.41) is 11.3.